The van der Waals surface area contributed by atoms with Crippen LogP contribution in [0.2, 0.25) is 0 Å². The highest BCUT2D eigenvalue weighted by atomic mass is 16.3. The minimum absolute atomic E-state index is 0.554. The maximum atomic E-state index is 6.96. The van der Waals surface area contributed by atoms with Crippen LogP contribution in [-0.2, 0) is 0 Å². The number of hydrogen-bond donors (Lipinski definition) is 0. The van der Waals surface area contributed by atoms with Gasteiger partial charge in [-0.3, -0.25) is 0 Å². The van der Waals surface area contributed by atoms with Gasteiger partial charge >= 0.3 is 0 Å². The molecule has 13 aromatic carbocycles. The Bertz CT molecular complexity index is 5410. The predicted molar refractivity (Wildman–Crippen MR) is 333 cm³/mol. The zero-order valence-electron chi connectivity index (χ0n) is 43.7. The second kappa shape index (κ2) is 18.2. The van der Waals surface area contributed by atoms with E-state index in [9.17, 15) is 0 Å². The average Bonchev–Trinajstić information content (AvgIpc) is 3.19. The molecule has 0 unspecified atom stereocenters. The van der Waals surface area contributed by atoms with Gasteiger partial charge in [-0.15, -0.1) is 0 Å². The molecule has 0 amide bonds. The fraction of sp³-hybridized carbons (Fsp3) is 0. The molecule has 0 radical (unpaired) electrons. The number of furan rings is 2. The van der Waals surface area contributed by atoms with Crippen LogP contribution in [0.5, 0.6) is 0 Å². The largest absolute Gasteiger partial charge is 0.456 e. The maximum absolute atomic E-state index is 6.96. The van der Waals surface area contributed by atoms with Gasteiger partial charge in [-0.2, -0.15) is 0 Å². The van der Waals surface area contributed by atoms with E-state index in [-0.39, 0.29) is 0 Å². The lowest BCUT2D eigenvalue weighted by molar-refractivity contribution is 0.669. The van der Waals surface area contributed by atoms with Crippen LogP contribution in [-0.4, -0.2) is 29.9 Å². The van der Waals surface area contributed by atoms with Crippen LogP contribution < -0.4 is 0 Å². The minimum atomic E-state index is 0.554. The number of fused-ring (bicyclic) bond motifs is 11. The Morgan fingerprint density at radius 3 is 1.32 bits per heavy atom. The van der Waals surface area contributed by atoms with Gasteiger partial charge in [0, 0.05) is 60.5 Å². The van der Waals surface area contributed by atoms with Crippen molar-refractivity contribution in [2.45, 2.75) is 0 Å². The Morgan fingerprint density at radius 2 is 0.634 bits per heavy atom. The summed E-state index contributed by atoms with van der Waals surface area (Å²) in [5.74, 6) is 3.51. The van der Waals surface area contributed by atoms with Gasteiger partial charge in [-0.05, 0) is 108 Å². The van der Waals surface area contributed by atoms with Crippen molar-refractivity contribution < 1.29 is 8.83 Å². The first-order valence-corrected chi connectivity index (χ1v) is 27.4. The van der Waals surface area contributed by atoms with E-state index in [4.69, 9.17) is 38.7 Å². The van der Waals surface area contributed by atoms with Gasteiger partial charge in [-0.1, -0.05) is 206 Å². The fourth-order valence-electron chi connectivity index (χ4n) is 12.1. The van der Waals surface area contributed by atoms with E-state index in [0.717, 1.165) is 142 Å². The molecule has 0 aliphatic heterocycles. The summed E-state index contributed by atoms with van der Waals surface area (Å²) in [5, 5.41) is 14.9. The number of rotatable bonds is 7. The molecule has 0 bridgehead atoms. The molecule has 0 atom stereocenters. The number of para-hydroxylation sites is 2. The highest BCUT2D eigenvalue weighted by Crippen LogP contribution is 2.42. The van der Waals surface area contributed by atoms with E-state index < -0.39 is 0 Å². The summed E-state index contributed by atoms with van der Waals surface area (Å²) in [4.78, 5) is 31.6. The minimum Gasteiger partial charge on any atom is -0.456 e. The Balaban J connectivity index is 0.804. The van der Waals surface area contributed by atoms with Crippen LogP contribution in [0.1, 0.15) is 0 Å². The van der Waals surface area contributed by atoms with Crippen LogP contribution in [0.15, 0.2) is 264 Å². The van der Waals surface area contributed by atoms with Crippen LogP contribution in [0.3, 0.4) is 0 Å². The molecule has 17 rings (SSSR count). The molecular weight excluding hydrogens is 1000 g/mol. The first kappa shape index (κ1) is 45.8. The zero-order chi connectivity index (χ0) is 53.8. The van der Waals surface area contributed by atoms with Gasteiger partial charge < -0.3 is 8.83 Å². The Kier molecular flexibility index (Phi) is 10.1. The first-order chi connectivity index (χ1) is 40.6. The smallest absolute Gasteiger partial charge is 0.164 e. The molecule has 0 saturated carbocycles. The third kappa shape index (κ3) is 7.54. The van der Waals surface area contributed by atoms with Crippen LogP contribution in [0.25, 0.3) is 177 Å². The lowest BCUT2D eigenvalue weighted by Gasteiger charge is -2.12. The highest BCUT2D eigenvalue weighted by molar-refractivity contribution is 6.16. The van der Waals surface area contributed by atoms with Crippen LogP contribution >= 0.6 is 0 Å². The molecule has 0 N–H and O–H groups in total. The molecule has 17 aromatic rings. The molecule has 82 heavy (non-hydrogen) atoms. The number of nitrogens with zero attached hydrogens (tertiary/aromatic N) is 6. The maximum Gasteiger partial charge on any atom is 0.164 e. The van der Waals surface area contributed by atoms with Crippen LogP contribution in [0, 0.1) is 0 Å². The monoisotopic (exact) mass is 1050 g/mol. The quantitative estimate of drug-likeness (QED) is 0.155. The van der Waals surface area contributed by atoms with Crippen molar-refractivity contribution in [2.75, 3.05) is 0 Å². The number of benzene rings is 13. The molecule has 380 valence electrons. The normalized spacial score (nSPS) is 11.9. The Labute approximate surface area is 468 Å². The SMILES string of the molecule is c1cc(-c2nc(-c3cccc4ccccc34)nc(-c3cccc4cc5c(cc34)oc3ccccc35)n2)cc(-c2cccc3c2oc2cc4cccc(-c5nc(-c6ccc7ccccc7c6)nc(-c6ccc7ccccc7c6)n5)c4cc23)c1. The van der Waals surface area contributed by atoms with E-state index in [1.54, 1.807) is 0 Å². The Hall–Kier alpha value is -11.2. The van der Waals surface area contributed by atoms with E-state index in [1.807, 2.05) is 18.2 Å². The van der Waals surface area contributed by atoms with Gasteiger partial charge in [0.25, 0.3) is 0 Å². The summed E-state index contributed by atoms with van der Waals surface area (Å²) in [6.45, 7) is 0. The fourth-order valence-corrected chi connectivity index (χ4v) is 12.1. The van der Waals surface area contributed by atoms with Crippen molar-refractivity contribution in [3.8, 4) is 79.5 Å². The molecule has 0 fully saturated rings. The average molecular weight is 1050 g/mol. The second-order valence-electron chi connectivity index (χ2n) is 21.0. The number of aromatic nitrogens is 6. The zero-order valence-corrected chi connectivity index (χ0v) is 43.7. The van der Waals surface area contributed by atoms with Gasteiger partial charge in [0.1, 0.15) is 22.3 Å². The molecule has 8 nitrogen and oxygen atoms in total. The molecule has 4 heterocycles. The molecule has 8 heteroatoms. The summed E-state index contributed by atoms with van der Waals surface area (Å²) in [7, 11) is 0. The first-order valence-electron chi connectivity index (χ1n) is 27.4. The molecule has 0 saturated heterocycles. The van der Waals surface area contributed by atoms with Crippen molar-refractivity contribution >= 4 is 97.7 Å². The van der Waals surface area contributed by atoms with E-state index in [1.165, 1.54) is 0 Å². The predicted octanol–water partition coefficient (Wildman–Crippen LogP) is 19.3. The second-order valence-corrected chi connectivity index (χ2v) is 21.0. The van der Waals surface area contributed by atoms with Gasteiger partial charge in [0.2, 0.25) is 0 Å². The summed E-state index contributed by atoms with van der Waals surface area (Å²) in [6, 6.07) is 88.4. The highest BCUT2D eigenvalue weighted by Gasteiger charge is 2.21. The molecule has 0 spiro atoms. The topological polar surface area (TPSA) is 104 Å². The molecular formula is C74H42N6O2. The van der Waals surface area contributed by atoms with E-state index in [0.29, 0.717) is 34.9 Å². The molecule has 0 aliphatic carbocycles. The molecule has 4 aromatic heterocycles. The number of hydrogen-bond acceptors (Lipinski definition) is 8. The summed E-state index contributed by atoms with van der Waals surface area (Å²) >= 11 is 0. The van der Waals surface area contributed by atoms with Crippen molar-refractivity contribution in [3.05, 3.63) is 255 Å². The Morgan fingerprint density at radius 1 is 0.195 bits per heavy atom. The van der Waals surface area contributed by atoms with E-state index in [2.05, 4.69) is 237 Å². The van der Waals surface area contributed by atoms with Gasteiger partial charge in [0.15, 0.2) is 34.9 Å². The summed E-state index contributed by atoms with van der Waals surface area (Å²) in [6.07, 6.45) is 0. The lowest BCUT2D eigenvalue weighted by atomic mass is 9.98. The van der Waals surface area contributed by atoms with Crippen molar-refractivity contribution in [1.29, 1.82) is 0 Å². The van der Waals surface area contributed by atoms with Crippen molar-refractivity contribution in [3.63, 3.8) is 0 Å². The van der Waals surface area contributed by atoms with Gasteiger partial charge in [-0.25, -0.2) is 29.9 Å². The van der Waals surface area contributed by atoms with Crippen molar-refractivity contribution in [2.24, 2.45) is 0 Å². The van der Waals surface area contributed by atoms with Crippen LogP contribution in [0.4, 0.5) is 0 Å². The third-order valence-electron chi connectivity index (χ3n) is 16.1. The standard InChI is InChI=1S/C74H42N6O2/c1-3-17-46-36-52(34-32-43(46)14-1)70-75-71(53-35-33-44-15-2-4-18-47(44)37-53)79-73(78-70)59-29-12-22-50-40-66-64(41-61(50)59)57-27-13-26-55(68(57)82-66)48-20-9-23-51(38-48)69-76-72(58-28-10-19-45-16-5-6-24-54(45)58)80-74(77-69)60-30-11-21-49-39-63-56-25-7-8-31-65(56)81-67(63)42-62(49)60/h1-42H. The van der Waals surface area contributed by atoms with E-state index >= 15 is 0 Å². The summed E-state index contributed by atoms with van der Waals surface area (Å²) < 4.78 is 13.4. The summed E-state index contributed by atoms with van der Waals surface area (Å²) in [5.41, 5.74) is 10.5. The van der Waals surface area contributed by atoms with Crippen molar-refractivity contribution in [1.82, 2.24) is 29.9 Å². The third-order valence-corrected chi connectivity index (χ3v) is 16.1. The lowest BCUT2D eigenvalue weighted by Crippen LogP contribution is -2.01. The van der Waals surface area contributed by atoms with Gasteiger partial charge in [0.05, 0.1) is 0 Å². The molecule has 0 aliphatic rings.